The Balaban J connectivity index is 1.94. The van der Waals surface area contributed by atoms with Gasteiger partial charge in [-0.3, -0.25) is 0 Å². The third kappa shape index (κ3) is 0.340. The zero-order valence-corrected chi connectivity index (χ0v) is 5.83. The molecule has 0 bridgehead atoms. The first-order valence-electron chi connectivity index (χ1n) is 3.72. The van der Waals surface area contributed by atoms with Crippen molar-refractivity contribution in [2.45, 2.75) is 39.5 Å². The average molecular weight is 110 g/mol. The van der Waals surface area contributed by atoms with E-state index in [2.05, 4.69) is 13.8 Å². The van der Waals surface area contributed by atoms with Crippen LogP contribution in [0.3, 0.4) is 0 Å². The van der Waals surface area contributed by atoms with Crippen molar-refractivity contribution in [3.05, 3.63) is 0 Å². The molecular weight excluding hydrogens is 96.1 g/mol. The van der Waals surface area contributed by atoms with E-state index < -0.39 is 0 Å². The van der Waals surface area contributed by atoms with E-state index in [1.165, 1.54) is 12.8 Å². The molecule has 46 valence electrons. The summed E-state index contributed by atoms with van der Waals surface area (Å²) in [5.74, 6) is 0. The van der Waals surface area contributed by atoms with Gasteiger partial charge in [-0.15, -0.1) is 0 Å². The van der Waals surface area contributed by atoms with Crippen molar-refractivity contribution in [1.82, 2.24) is 0 Å². The second-order valence-corrected chi connectivity index (χ2v) is 3.94. The van der Waals surface area contributed by atoms with Gasteiger partial charge in [-0.05, 0) is 30.1 Å². The largest absolute Gasteiger partial charge is 0.0654 e. The number of fused-ring (bicyclic) bond motifs is 1. The van der Waals surface area contributed by atoms with Crippen LogP contribution in [-0.4, -0.2) is 0 Å². The highest BCUT2D eigenvalue weighted by Gasteiger charge is 2.78. The second-order valence-electron chi connectivity index (χ2n) is 3.94. The minimum Gasteiger partial charge on any atom is -0.0654 e. The fourth-order valence-electron chi connectivity index (χ4n) is 2.31. The van der Waals surface area contributed by atoms with Gasteiger partial charge < -0.3 is 0 Å². The van der Waals surface area contributed by atoms with Gasteiger partial charge in [-0.2, -0.15) is 0 Å². The first-order valence-corrected chi connectivity index (χ1v) is 3.72. The molecule has 0 heterocycles. The van der Waals surface area contributed by atoms with Crippen molar-refractivity contribution in [1.29, 1.82) is 0 Å². The minimum absolute atomic E-state index is 0.864. The molecule has 2 rings (SSSR count). The molecule has 0 aliphatic heterocycles. The minimum atomic E-state index is 0.864. The molecule has 0 saturated heterocycles. The van der Waals surface area contributed by atoms with Gasteiger partial charge in [0.2, 0.25) is 0 Å². The zero-order chi connectivity index (χ0) is 5.83. The highest BCUT2D eigenvalue weighted by Crippen LogP contribution is 2.87. The fraction of sp³-hybridized carbons (Fsp3) is 1.00. The molecule has 8 heavy (non-hydrogen) atoms. The molecule has 0 radical (unpaired) electrons. The maximum absolute atomic E-state index is 2.43. The highest BCUT2D eigenvalue weighted by molar-refractivity contribution is 5.27. The van der Waals surface area contributed by atoms with Crippen LogP contribution in [0, 0.1) is 10.8 Å². The summed E-state index contributed by atoms with van der Waals surface area (Å²) in [6.45, 7) is 4.73. The van der Waals surface area contributed by atoms with E-state index in [1.54, 1.807) is 12.8 Å². The lowest BCUT2D eigenvalue weighted by Crippen LogP contribution is -1.81. The zero-order valence-electron chi connectivity index (χ0n) is 5.83. The Kier molecular flexibility index (Phi) is 0.595. The van der Waals surface area contributed by atoms with E-state index in [9.17, 15) is 0 Å². The molecule has 2 aliphatic rings. The molecule has 0 N–H and O–H groups in total. The summed E-state index contributed by atoms with van der Waals surface area (Å²) in [4.78, 5) is 0. The van der Waals surface area contributed by atoms with Gasteiger partial charge in [-0.25, -0.2) is 0 Å². The van der Waals surface area contributed by atoms with Crippen LogP contribution in [0.1, 0.15) is 39.5 Å². The van der Waals surface area contributed by atoms with Crippen molar-refractivity contribution in [2.24, 2.45) is 10.8 Å². The SMILES string of the molecule is CCCC12CC1(C)C2. The van der Waals surface area contributed by atoms with Gasteiger partial charge >= 0.3 is 0 Å². The lowest BCUT2D eigenvalue weighted by atomic mass is 10.1. The molecule has 2 fully saturated rings. The van der Waals surface area contributed by atoms with E-state index >= 15 is 0 Å². The predicted molar refractivity (Wildman–Crippen MR) is 34.7 cm³/mol. The van der Waals surface area contributed by atoms with Crippen LogP contribution in [0.15, 0.2) is 0 Å². The maximum atomic E-state index is 2.43. The summed E-state index contributed by atoms with van der Waals surface area (Å²) >= 11 is 0. The lowest BCUT2D eigenvalue weighted by molar-refractivity contribution is 0.574. The highest BCUT2D eigenvalue weighted by atomic mass is 14.8. The molecule has 0 aromatic rings. The van der Waals surface area contributed by atoms with Crippen molar-refractivity contribution in [3.8, 4) is 0 Å². The standard InChI is InChI=1S/C8H14/c1-3-4-8-5-7(8,2)6-8/h3-6H2,1-2H3. The molecule has 0 nitrogen and oxygen atoms in total. The first-order chi connectivity index (χ1) is 3.72. The Morgan fingerprint density at radius 1 is 1.38 bits per heavy atom. The number of hydrogen-bond acceptors (Lipinski definition) is 0. The van der Waals surface area contributed by atoms with Gasteiger partial charge in [0.05, 0.1) is 0 Å². The Morgan fingerprint density at radius 3 is 2.00 bits per heavy atom. The van der Waals surface area contributed by atoms with Gasteiger partial charge in [-0.1, -0.05) is 20.3 Å². The Hall–Kier alpha value is 0. The van der Waals surface area contributed by atoms with Gasteiger partial charge in [0, 0.05) is 0 Å². The molecular formula is C8H14. The molecule has 2 saturated carbocycles. The van der Waals surface area contributed by atoms with E-state index in [0.717, 1.165) is 10.8 Å². The van der Waals surface area contributed by atoms with E-state index in [1.807, 2.05) is 0 Å². The van der Waals surface area contributed by atoms with Crippen molar-refractivity contribution in [2.75, 3.05) is 0 Å². The van der Waals surface area contributed by atoms with E-state index in [0.29, 0.717) is 0 Å². The fourth-order valence-corrected chi connectivity index (χ4v) is 2.31. The molecule has 0 aromatic heterocycles. The molecule has 0 spiro atoms. The monoisotopic (exact) mass is 110 g/mol. The topological polar surface area (TPSA) is 0 Å². The van der Waals surface area contributed by atoms with Gasteiger partial charge in [0.15, 0.2) is 0 Å². The van der Waals surface area contributed by atoms with Crippen LogP contribution >= 0.6 is 0 Å². The molecule has 0 atom stereocenters. The van der Waals surface area contributed by atoms with Crippen molar-refractivity contribution >= 4 is 0 Å². The molecule has 0 amide bonds. The van der Waals surface area contributed by atoms with Crippen LogP contribution in [-0.2, 0) is 0 Å². The Bertz CT molecular complexity index is 118. The van der Waals surface area contributed by atoms with Gasteiger partial charge in [0.1, 0.15) is 0 Å². The second kappa shape index (κ2) is 0.984. The van der Waals surface area contributed by atoms with Crippen LogP contribution in [0.25, 0.3) is 0 Å². The summed E-state index contributed by atoms with van der Waals surface area (Å²) in [6.07, 6.45) is 6.00. The summed E-state index contributed by atoms with van der Waals surface area (Å²) in [5.41, 5.74) is 1.77. The number of hydrogen-bond donors (Lipinski definition) is 0. The van der Waals surface area contributed by atoms with E-state index in [4.69, 9.17) is 0 Å². The Labute approximate surface area is 51.3 Å². The average Bonchev–Trinajstić information content (AvgIpc) is 2.25. The van der Waals surface area contributed by atoms with Crippen LogP contribution < -0.4 is 0 Å². The third-order valence-corrected chi connectivity index (χ3v) is 3.22. The summed E-state index contributed by atoms with van der Waals surface area (Å²) in [7, 11) is 0. The number of rotatable bonds is 2. The smallest absolute Gasteiger partial charge is 0.0233 e. The summed E-state index contributed by atoms with van der Waals surface area (Å²) < 4.78 is 0. The maximum Gasteiger partial charge on any atom is -0.0233 e. The predicted octanol–water partition coefficient (Wildman–Crippen LogP) is 2.59. The van der Waals surface area contributed by atoms with E-state index in [-0.39, 0.29) is 0 Å². The summed E-state index contributed by atoms with van der Waals surface area (Å²) in [5, 5.41) is 0. The van der Waals surface area contributed by atoms with Crippen molar-refractivity contribution < 1.29 is 0 Å². The third-order valence-electron chi connectivity index (χ3n) is 3.22. The van der Waals surface area contributed by atoms with Crippen LogP contribution in [0.2, 0.25) is 0 Å². The Morgan fingerprint density at radius 2 is 1.88 bits per heavy atom. The molecule has 0 heteroatoms. The van der Waals surface area contributed by atoms with Crippen LogP contribution in [0.4, 0.5) is 0 Å². The first kappa shape index (κ1) is 4.84. The lowest BCUT2D eigenvalue weighted by Gasteiger charge is -1.94. The van der Waals surface area contributed by atoms with Crippen LogP contribution in [0.5, 0.6) is 0 Å². The van der Waals surface area contributed by atoms with Gasteiger partial charge in [0.25, 0.3) is 0 Å². The molecule has 2 aliphatic carbocycles. The molecule has 0 unspecified atom stereocenters. The van der Waals surface area contributed by atoms with Crippen molar-refractivity contribution in [3.63, 3.8) is 0 Å². The normalized spacial score (nSPS) is 57.8. The molecule has 0 aromatic carbocycles. The quantitative estimate of drug-likeness (QED) is 0.512. The summed E-state index contributed by atoms with van der Waals surface area (Å²) in [6, 6.07) is 0.